The fraction of sp³-hybridized carbons (Fsp3) is 0.667. The molecule has 0 saturated carbocycles. The molecule has 100 valence electrons. The average molecular weight is 247 g/mol. The largest absolute Gasteiger partial charge is 0.317 e. The highest BCUT2D eigenvalue weighted by Crippen LogP contribution is 2.33. The fourth-order valence-corrected chi connectivity index (χ4v) is 2.98. The van der Waals surface area contributed by atoms with Crippen LogP contribution in [0.1, 0.15) is 31.9 Å². The summed E-state index contributed by atoms with van der Waals surface area (Å²) < 4.78 is 0. The number of pyridine rings is 1. The van der Waals surface area contributed by atoms with E-state index in [1.54, 1.807) is 0 Å². The second-order valence-electron chi connectivity index (χ2n) is 5.60. The molecule has 1 aliphatic rings. The molecule has 3 heteroatoms. The Morgan fingerprint density at radius 1 is 1.33 bits per heavy atom. The Labute approximate surface area is 111 Å². The monoisotopic (exact) mass is 247 g/mol. The second kappa shape index (κ2) is 6.30. The number of piperidine rings is 1. The lowest BCUT2D eigenvalue weighted by Crippen LogP contribution is -2.43. The normalized spacial score (nSPS) is 19.1. The Morgan fingerprint density at radius 3 is 2.72 bits per heavy atom. The van der Waals surface area contributed by atoms with Gasteiger partial charge in [-0.05, 0) is 56.9 Å². The number of nitrogens with one attached hydrogen (secondary N) is 1. The summed E-state index contributed by atoms with van der Waals surface area (Å²) in [4.78, 5) is 6.83. The maximum Gasteiger partial charge on any atom is 0.0543 e. The highest BCUT2D eigenvalue weighted by molar-refractivity contribution is 5.03. The molecule has 1 saturated heterocycles. The summed E-state index contributed by atoms with van der Waals surface area (Å²) in [6, 6.07) is 6.15. The molecule has 0 aromatic carbocycles. The zero-order valence-corrected chi connectivity index (χ0v) is 11.7. The van der Waals surface area contributed by atoms with Crippen molar-refractivity contribution >= 4 is 0 Å². The van der Waals surface area contributed by atoms with E-state index in [4.69, 9.17) is 0 Å². The van der Waals surface area contributed by atoms with Crippen LogP contribution in [-0.4, -0.2) is 36.6 Å². The van der Waals surface area contributed by atoms with Crippen molar-refractivity contribution in [2.75, 3.05) is 26.7 Å². The third kappa shape index (κ3) is 3.53. The van der Waals surface area contributed by atoms with Crippen molar-refractivity contribution in [1.82, 2.24) is 15.2 Å². The maximum absolute atomic E-state index is 4.41. The maximum atomic E-state index is 4.41. The third-order valence-corrected chi connectivity index (χ3v) is 4.18. The summed E-state index contributed by atoms with van der Waals surface area (Å²) in [6.07, 6.45) is 5.76. The van der Waals surface area contributed by atoms with Gasteiger partial charge in [-0.25, -0.2) is 0 Å². The van der Waals surface area contributed by atoms with Crippen LogP contribution < -0.4 is 5.32 Å². The zero-order chi connectivity index (χ0) is 12.8. The van der Waals surface area contributed by atoms with Gasteiger partial charge in [0.05, 0.1) is 5.69 Å². The summed E-state index contributed by atoms with van der Waals surface area (Å²) in [5, 5.41) is 3.47. The van der Waals surface area contributed by atoms with E-state index < -0.39 is 0 Å². The Hall–Kier alpha value is -0.930. The van der Waals surface area contributed by atoms with Crippen molar-refractivity contribution in [2.24, 2.45) is 5.41 Å². The van der Waals surface area contributed by atoms with Crippen molar-refractivity contribution in [3.8, 4) is 0 Å². The van der Waals surface area contributed by atoms with Crippen molar-refractivity contribution in [3.05, 3.63) is 30.1 Å². The van der Waals surface area contributed by atoms with Gasteiger partial charge in [0.2, 0.25) is 0 Å². The van der Waals surface area contributed by atoms with Crippen molar-refractivity contribution in [3.63, 3.8) is 0 Å². The van der Waals surface area contributed by atoms with Gasteiger partial charge in [0, 0.05) is 19.3 Å². The van der Waals surface area contributed by atoms with Crippen LogP contribution in [0, 0.1) is 5.41 Å². The van der Waals surface area contributed by atoms with E-state index in [1.165, 1.54) is 44.6 Å². The SMILES string of the molecule is CCC1(CN(C)Cc2ccccn2)CCNCC1. The van der Waals surface area contributed by atoms with Gasteiger partial charge in [-0.1, -0.05) is 13.0 Å². The van der Waals surface area contributed by atoms with Crippen molar-refractivity contribution in [2.45, 2.75) is 32.7 Å². The van der Waals surface area contributed by atoms with E-state index in [2.05, 4.69) is 41.3 Å². The van der Waals surface area contributed by atoms with Gasteiger partial charge in [-0.2, -0.15) is 0 Å². The molecule has 3 nitrogen and oxygen atoms in total. The predicted octanol–water partition coefficient (Wildman–Crippen LogP) is 2.29. The number of nitrogens with zero attached hydrogens (tertiary/aromatic N) is 2. The molecule has 0 radical (unpaired) electrons. The Bertz CT molecular complexity index is 344. The lowest BCUT2D eigenvalue weighted by Gasteiger charge is -2.39. The first-order valence-corrected chi connectivity index (χ1v) is 7.03. The van der Waals surface area contributed by atoms with Crippen LogP contribution in [0.3, 0.4) is 0 Å². The van der Waals surface area contributed by atoms with Crippen LogP contribution in [0.5, 0.6) is 0 Å². The first-order chi connectivity index (χ1) is 8.74. The van der Waals surface area contributed by atoms with Gasteiger partial charge in [0.25, 0.3) is 0 Å². The van der Waals surface area contributed by atoms with Gasteiger partial charge in [0.15, 0.2) is 0 Å². The summed E-state index contributed by atoms with van der Waals surface area (Å²) in [5.41, 5.74) is 1.68. The third-order valence-electron chi connectivity index (χ3n) is 4.18. The van der Waals surface area contributed by atoms with Crippen LogP contribution in [-0.2, 0) is 6.54 Å². The molecular weight excluding hydrogens is 222 g/mol. The molecule has 0 atom stereocenters. The lowest BCUT2D eigenvalue weighted by atomic mass is 9.76. The molecule has 1 aromatic rings. The minimum atomic E-state index is 0.509. The Kier molecular flexibility index (Phi) is 4.72. The average Bonchev–Trinajstić information content (AvgIpc) is 2.41. The molecular formula is C15H25N3. The molecule has 0 bridgehead atoms. The number of aromatic nitrogens is 1. The number of hydrogen-bond acceptors (Lipinski definition) is 3. The summed E-state index contributed by atoms with van der Waals surface area (Å²) in [6.45, 7) is 6.81. The van der Waals surface area contributed by atoms with Gasteiger partial charge < -0.3 is 5.32 Å². The molecule has 0 amide bonds. The molecule has 1 aromatic heterocycles. The summed E-state index contributed by atoms with van der Waals surface area (Å²) >= 11 is 0. The van der Waals surface area contributed by atoms with Gasteiger partial charge in [0.1, 0.15) is 0 Å². The number of hydrogen-bond donors (Lipinski definition) is 1. The quantitative estimate of drug-likeness (QED) is 0.865. The minimum absolute atomic E-state index is 0.509. The van der Waals surface area contributed by atoms with E-state index >= 15 is 0 Å². The van der Waals surface area contributed by atoms with E-state index in [-0.39, 0.29) is 0 Å². The van der Waals surface area contributed by atoms with Crippen LogP contribution in [0.2, 0.25) is 0 Å². The lowest BCUT2D eigenvalue weighted by molar-refractivity contribution is 0.118. The predicted molar refractivity (Wildman–Crippen MR) is 75.4 cm³/mol. The van der Waals surface area contributed by atoms with Gasteiger partial charge in [-0.3, -0.25) is 9.88 Å². The van der Waals surface area contributed by atoms with E-state index in [0.29, 0.717) is 5.41 Å². The summed E-state index contributed by atoms with van der Waals surface area (Å²) in [7, 11) is 2.22. The van der Waals surface area contributed by atoms with Crippen LogP contribution in [0.25, 0.3) is 0 Å². The zero-order valence-electron chi connectivity index (χ0n) is 11.7. The van der Waals surface area contributed by atoms with Gasteiger partial charge >= 0.3 is 0 Å². The molecule has 1 N–H and O–H groups in total. The second-order valence-corrected chi connectivity index (χ2v) is 5.60. The smallest absolute Gasteiger partial charge is 0.0543 e. The summed E-state index contributed by atoms with van der Waals surface area (Å²) in [5.74, 6) is 0. The molecule has 2 rings (SSSR count). The van der Waals surface area contributed by atoms with Crippen molar-refractivity contribution < 1.29 is 0 Å². The minimum Gasteiger partial charge on any atom is -0.317 e. The highest BCUT2D eigenvalue weighted by Gasteiger charge is 2.31. The molecule has 0 aliphatic carbocycles. The number of rotatable bonds is 5. The topological polar surface area (TPSA) is 28.2 Å². The fourth-order valence-electron chi connectivity index (χ4n) is 2.98. The first kappa shape index (κ1) is 13.5. The van der Waals surface area contributed by atoms with Crippen LogP contribution in [0.4, 0.5) is 0 Å². The van der Waals surface area contributed by atoms with Crippen LogP contribution >= 0.6 is 0 Å². The molecule has 1 aliphatic heterocycles. The molecule has 0 spiro atoms. The van der Waals surface area contributed by atoms with E-state index in [9.17, 15) is 0 Å². The van der Waals surface area contributed by atoms with E-state index in [1.807, 2.05) is 12.3 Å². The molecule has 1 fully saturated rings. The highest BCUT2D eigenvalue weighted by atomic mass is 15.1. The van der Waals surface area contributed by atoms with E-state index in [0.717, 1.165) is 6.54 Å². The first-order valence-electron chi connectivity index (χ1n) is 7.03. The Morgan fingerprint density at radius 2 is 2.11 bits per heavy atom. The molecule has 0 unspecified atom stereocenters. The van der Waals surface area contributed by atoms with Crippen molar-refractivity contribution in [1.29, 1.82) is 0 Å². The molecule has 18 heavy (non-hydrogen) atoms. The molecule has 2 heterocycles. The van der Waals surface area contributed by atoms with Crippen LogP contribution in [0.15, 0.2) is 24.4 Å². The van der Waals surface area contributed by atoms with Gasteiger partial charge in [-0.15, -0.1) is 0 Å². The Balaban J connectivity index is 1.91. The standard InChI is InChI=1S/C15H25N3/c1-3-15(7-10-16-11-8-15)13-18(2)12-14-6-4-5-9-17-14/h4-6,9,16H,3,7-8,10-13H2,1-2H3.